The van der Waals surface area contributed by atoms with Gasteiger partial charge in [-0.1, -0.05) is 58.1 Å². The maximum atomic E-state index is 11.8. The Balaban J connectivity index is 0.000000261. The minimum atomic E-state index is -1.35. The van der Waals surface area contributed by atoms with Gasteiger partial charge in [0.2, 0.25) is 0 Å². The highest BCUT2D eigenvalue weighted by atomic mass is 16.4. The van der Waals surface area contributed by atoms with Gasteiger partial charge in [0, 0.05) is 0 Å². The number of aliphatic carboxylic acids is 2. The Hall–Kier alpha value is -1.84. The molecular formula is C21H30O4. The van der Waals surface area contributed by atoms with Crippen LogP contribution in [0.25, 0.3) is 0 Å². The molecule has 2 N–H and O–H groups in total. The van der Waals surface area contributed by atoms with Crippen LogP contribution >= 0.6 is 0 Å². The number of hydrogen-bond donors (Lipinski definition) is 2. The van der Waals surface area contributed by atoms with Crippen molar-refractivity contribution in [1.82, 2.24) is 0 Å². The van der Waals surface area contributed by atoms with E-state index in [1.807, 2.05) is 13.8 Å². The van der Waals surface area contributed by atoms with E-state index < -0.39 is 23.3 Å². The molecule has 0 amide bonds. The lowest BCUT2D eigenvalue weighted by molar-refractivity contribution is -0.161. The van der Waals surface area contributed by atoms with Gasteiger partial charge in [0.05, 0.1) is 5.92 Å². The molecule has 0 spiro atoms. The quantitative estimate of drug-likeness (QED) is 0.733. The van der Waals surface area contributed by atoms with Gasteiger partial charge in [0.1, 0.15) is 5.41 Å². The molecule has 4 nitrogen and oxygen atoms in total. The highest BCUT2D eigenvalue weighted by Crippen LogP contribution is 2.49. The van der Waals surface area contributed by atoms with Gasteiger partial charge in [0.15, 0.2) is 0 Å². The van der Waals surface area contributed by atoms with Crippen LogP contribution in [0, 0.1) is 35.0 Å². The average Bonchev–Trinajstić information content (AvgIpc) is 3.19. The van der Waals surface area contributed by atoms with Gasteiger partial charge in [-0.3, -0.25) is 9.59 Å². The molecule has 25 heavy (non-hydrogen) atoms. The standard InChI is InChI=1S/C14H20O4.C7H10/c1-8(2)10-6-5-7-11(12(15)16)14(10,9(3)4)13(17)18;1-2-7-4-3-6(1)5-7/h5-9,11H,1-4H3,(H,15,16)(H,17,18);1-2,6-7H,3-5H2. The predicted molar refractivity (Wildman–Crippen MR) is 98.1 cm³/mol. The third-order valence-corrected chi connectivity index (χ3v) is 5.87. The van der Waals surface area contributed by atoms with Crippen molar-refractivity contribution in [2.75, 3.05) is 0 Å². The lowest BCUT2D eigenvalue weighted by Crippen LogP contribution is -2.49. The van der Waals surface area contributed by atoms with Crippen LogP contribution in [0.5, 0.6) is 0 Å². The number of fused-ring (bicyclic) bond motifs is 2. The van der Waals surface area contributed by atoms with E-state index in [0.29, 0.717) is 5.57 Å². The molecule has 4 unspecified atom stereocenters. The maximum absolute atomic E-state index is 11.8. The first-order chi connectivity index (χ1) is 11.7. The number of hydrogen-bond acceptors (Lipinski definition) is 2. The van der Waals surface area contributed by atoms with Crippen molar-refractivity contribution in [1.29, 1.82) is 0 Å². The summed E-state index contributed by atoms with van der Waals surface area (Å²) >= 11 is 0. The second kappa shape index (κ2) is 7.59. The maximum Gasteiger partial charge on any atom is 0.315 e. The lowest BCUT2D eigenvalue weighted by Gasteiger charge is -2.42. The minimum absolute atomic E-state index is 0.00435. The first-order valence-corrected chi connectivity index (χ1v) is 9.24. The number of rotatable bonds is 4. The SMILES string of the molecule is C1=CC2CCC1C2.CC(C)C1=CC=CC(C(=O)O)C1(C(=O)O)C(C)C. The third-order valence-electron chi connectivity index (χ3n) is 5.87. The zero-order valence-electron chi connectivity index (χ0n) is 15.6. The van der Waals surface area contributed by atoms with Crippen molar-refractivity contribution in [2.45, 2.75) is 47.0 Å². The summed E-state index contributed by atoms with van der Waals surface area (Å²) in [5.74, 6) is -1.49. The van der Waals surface area contributed by atoms with Crippen molar-refractivity contribution >= 4 is 11.9 Å². The molecular weight excluding hydrogens is 316 g/mol. The van der Waals surface area contributed by atoms with Gasteiger partial charge in [-0.25, -0.2) is 0 Å². The summed E-state index contributed by atoms with van der Waals surface area (Å²) in [5.41, 5.74) is -0.672. The molecule has 3 aliphatic carbocycles. The van der Waals surface area contributed by atoms with Crippen LogP contribution in [0.3, 0.4) is 0 Å². The summed E-state index contributed by atoms with van der Waals surface area (Å²) < 4.78 is 0. The Kier molecular flexibility index (Phi) is 5.91. The Bertz CT molecular complexity index is 599. The van der Waals surface area contributed by atoms with Crippen LogP contribution < -0.4 is 0 Å². The molecule has 0 aromatic rings. The summed E-state index contributed by atoms with van der Waals surface area (Å²) in [7, 11) is 0. The number of allylic oxidation sites excluding steroid dienone is 4. The molecule has 1 saturated carbocycles. The summed E-state index contributed by atoms with van der Waals surface area (Å²) in [4.78, 5) is 23.2. The molecule has 4 atom stereocenters. The Morgan fingerprint density at radius 2 is 1.60 bits per heavy atom. The van der Waals surface area contributed by atoms with Crippen molar-refractivity contribution in [3.63, 3.8) is 0 Å². The van der Waals surface area contributed by atoms with Crippen LogP contribution in [-0.4, -0.2) is 22.2 Å². The van der Waals surface area contributed by atoms with Gasteiger partial charge >= 0.3 is 11.9 Å². The highest BCUT2D eigenvalue weighted by molar-refractivity contribution is 5.89. The van der Waals surface area contributed by atoms with Crippen molar-refractivity contribution in [3.8, 4) is 0 Å². The smallest absolute Gasteiger partial charge is 0.315 e. The van der Waals surface area contributed by atoms with Gasteiger partial charge in [0.25, 0.3) is 0 Å². The third kappa shape index (κ3) is 3.58. The highest BCUT2D eigenvalue weighted by Gasteiger charge is 2.54. The van der Waals surface area contributed by atoms with Gasteiger partial charge in [-0.05, 0) is 48.5 Å². The van der Waals surface area contributed by atoms with Gasteiger partial charge in [-0.15, -0.1) is 0 Å². The van der Waals surface area contributed by atoms with Crippen molar-refractivity contribution in [3.05, 3.63) is 36.0 Å². The molecule has 3 rings (SSSR count). The Morgan fingerprint density at radius 3 is 1.88 bits per heavy atom. The van der Waals surface area contributed by atoms with E-state index in [4.69, 9.17) is 0 Å². The molecule has 4 heteroatoms. The number of carboxylic acids is 2. The zero-order chi connectivity index (χ0) is 18.8. The molecule has 2 bridgehead atoms. The molecule has 3 aliphatic rings. The van der Waals surface area contributed by atoms with E-state index in [0.717, 1.165) is 11.8 Å². The molecule has 0 aliphatic heterocycles. The fraction of sp³-hybridized carbons (Fsp3) is 0.619. The van der Waals surface area contributed by atoms with E-state index in [9.17, 15) is 19.8 Å². The van der Waals surface area contributed by atoms with Crippen LogP contribution in [0.1, 0.15) is 47.0 Å². The molecule has 0 heterocycles. The minimum Gasteiger partial charge on any atom is -0.481 e. The van der Waals surface area contributed by atoms with E-state index in [-0.39, 0.29) is 11.8 Å². The molecule has 138 valence electrons. The van der Waals surface area contributed by atoms with Gasteiger partial charge < -0.3 is 10.2 Å². The number of carboxylic acid groups (broad SMARTS) is 2. The summed E-state index contributed by atoms with van der Waals surface area (Å²) in [6.45, 7) is 7.31. The molecule has 0 radical (unpaired) electrons. The first kappa shape index (κ1) is 19.5. The van der Waals surface area contributed by atoms with Crippen molar-refractivity contribution < 1.29 is 19.8 Å². The Morgan fingerprint density at radius 1 is 1.04 bits per heavy atom. The largest absolute Gasteiger partial charge is 0.481 e. The number of carbonyl (C=O) groups is 2. The second-order valence-electron chi connectivity index (χ2n) is 8.02. The van der Waals surface area contributed by atoms with Crippen LogP contribution in [0.15, 0.2) is 36.0 Å². The van der Waals surface area contributed by atoms with E-state index in [2.05, 4.69) is 12.2 Å². The van der Waals surface area contributed by atoms with E-state index >= 15 is 0 Å². The zero-order valence-corrected chi connectivity index (χ0v) is 15.6. The molecule has 0 aromatic carbocycles. The predicted octanol–water partition coefficient (Wildman–Crippen LogP) is 4.54. The summed E-state index contributed by atoms with van der Waals surface area (Å²) in [5, 5.41) is 19.0. The second-order valence-corrected chi connectivity index (χ2v) is 8.02. The summed E-state index contributed by atoms with van der Waals surface area (Å²) in [6.07, 6.45) is 14.1. The average molecular weight is 346 g/mol. The molecule has 0 saturated heterocycles. The first-order valence-electron chi connectivity index (χ1n) is 9.24. The van der Waals surface area contributed by atoms with Crippen molar-refractivity contribution in [2.24, 2.45) is 35.0 Å². The normalized spacial score (nSPS) is 32.6. The van der Waals surface area contributed by atoms with Crippen LogP contribution in [0.2, 0.25) is 0 Å². The van der Waals surface area contributed by atoms with E-state index in [1.54, 1.807) is 26.0 Å². The Labute approximate surface area is 150 Å². The van der Waals surface area contributed by atoms with E-state index in [1.165, 1.54) is 25.3 Å². The van der Waals surface area contributed by atoms with Crippen LogP contribution in [0.4, 0.5) is 0 Å². The molecule has 1 fully saturated rings. The van der Waals surface area contributed by atoms with Crippen LogP contribution in [-0.2, 0) is 9.59 Å². The fourth-order valence-corrected chi connectivity index (χ4v) is 4.60. The lowest BCUT2D eigenvalue weighted by atomic mass is 9.59. The fourth-order valence-electron chi connectivity index (χ4n) is 4.60. The monoisotopic (exact) mass is 346 g/mol. The topological polar surface area (TPSA) is 74.6 Å². The van der Waals surface area contributed by atoms with Gasteiger partial charge in [-0.2, -0.15) is 0 Å². The molecule has 0 aromatic heterocycles. The summed E-state index contributed by atoms with van der Waals surface area (Å²) in [6, 6.07) is 0.